The molecule has 0 aliphatic carbocycles. The van der Waals surface area contributed by atoms with E-state index in [0.29, 0.717) is 0 Å². The summed E-state index contributed by atoms with van der Waals surface area (Å²) in [7, 11) is 0. The molecule has 1 aromatic heterocycles. The molecule has 1 aliphatic heterocycles. The van der Waals surface area contributed by atoms with Crippen molar-refractivity contribution in [2.75, 3.05) is 13.1 Å². The van der Waals surface area contributed by atoms with Crippen molar-refractivity contribution in [3.8, 4) is 17.1 Å². The molecule has 2 aromatic rings. The minimum Gasteiger partial charge on any atom is -0.486 e. The lowest BCUT2D eigenvalue weighted by atomic mass is 10.1. The number of hydrogen-bond donors (Lipinski definition) is 1. The summed E-state index contributed by atoms with van der Waals surface area (Å²) in [4.78, 5) is 8.79. The molecule has 0 bridgehead atoms. The zero-order valence-electron chi connectivity index (χ0n) is 11.0. The van der Waals surface area contributed by atoms with Crippen LogP contribution < -0.4 is 10.1 Å². The van der Waals surface area contributed by atoms with Crippen LogP contribution in [0.25, 0.3) is 11.4 Å². The van der Waals surface area contributed by atoms with E-state index >= 15 is 0 Å². The fourth-order valence-corrected chi connectivity index (χ4v) is 2.26. The third-order valence-electron chi connectivity index (χ3n) is 3.33. The molecule has 1 unspecified atom stereocenters. The highest BCUT2D eigenvalue weighted by Gasteiger charge is 2.16. The zero-order chi connectivity index (χ0) is 13.1. The van der Waals surface area contributed by atoms with Gasteiger partial charge < -0.3 is 10.1 Å². The maximum atomic E-state index is 5.81. The molecule has 1 aromatic carbocycles. The molecule has 3 rings (SSSR count). The van der Waals surface area contributed by atoms with Crippen molar-refractivity contribution >= 4 is 0 Å². The second kappa shape index (κ2) is 5.36. The van der Waals surface area contributed by atoms with Gasteiger partial charge >= 0.3 is 0 Å². The minimum atomic E-state index is 0.243. The quantitative estimate of drug-likeness (QED) is 0.913. The largest absolute Gasteiger partial charge is 0.486 e. The molecule has 1 fully saturated rings. The molecular weight excluding hydrogens is 238 g/mol. The summed E-state index contributed by atoms with van der Waals surface area (Å²) < 4.78 is 5.81. The third-order valence-corrected chi connectivity index (χ3v) is 3.33. The van der Waals surface area contributed by atoms with E-state index in [1.165, 1.54) is 5.56 Å². The molecule has 0 saturated carbocycles. The fourth-order valence-electron chi connectivity index (χ4n) is 2.26. The monoisotopic (exact) mass is 255 g/mol. The Kier molecular flexibility index (Phi) is 3.42. The van der Waals surface area contributed by atoms with E-state index in [1.54, 1.807) is 12.4 Å². The van der Waals surface area contributed by atoms with E-state index in [1.807, 2.05) is 18.2 Å². The number of ether oxygens (including phenoxy) is 1. The molecule has 0 amide bonds. The van der Waals surface area contributed by atoms with Crippen LogP contribution in [0, 0.1) is 6.92 Å². The molecule has 0 spiro atoms. The molecule has 0 radical (unpaired) electrons. The Morgan fingerprint density at radius 2 is 2.00 bits per heavy atom. The van der Waals surface area contributed by atoms with Gasteiger partial charge in [0.05, 0.1) is 12.4 Å². The second-order valence-corrected chi connectivity index (χ2v) is 4.79. The van der Waals surface area contributed by atoms with Crippen LogP contribution >= 0.6 is 0 Å². The van der Waals surface area contributed by atoms with Crippen LogP contribution in [0.4, 0.5) is 0 Å². The van der Waals surface area contributed by atoms with Gasteiger partial charge in [0.15, 0.2) is 11.6 Å². The highest BCUT2D eigenvalue weighted by Crippen LogP contribution is 2.20. The van der Waals surface area contributed by atoms with Crippen molar-refractivity contribution in [2.45, 2.75) is 19.4 Å². The number of hydrogen-bond acceptors (Lipinski definition) is 4. The summed E-state index contributed by atoms with van der Waals surface area (Å²) in [5, 5.41) is 3.27. The van der Waals surface area contributed by atoms with Gasteiger partial charge in [-0.25, -0.2) is 9.97 Å². The molecule has 1 aliphatic rings. The SMILES string of the molecule is Cc1ccccc1-c1ncc(OC2CCNC2)cn1. The summed E-state index contributed by atoms with van der Waals surface area (Å²) in [6.45, 7) is 3.99. The molecule has 1 saturated heterocycles. The maximum absolute atomic E-state index is 5.81. The van der Waals surface area contributed by atoms with Crippen molar-refractivity contribution in [3.05, 3.63) is 42.2 Å². The van der Waals surface area contributed by atoms with Crippen LogP contribution in [-0.4, -0.2) is 29.2 Å². The number of aryl methyl sites for hydroxylation is 1. The first-order valence-electron chi connectivity index (χ1n) is 6.58. The van der Waals surface area contributed by atoms with E-state index in [9.17, 15) is 0 Å². The van der Waals surface area contributed by atoms with Gasteiger partial charge in [0.25, 0.3) is 0 Å². The topological polar surface area (TPSA) is 47.0 Å². The highest BCUT2D eigenvalue weighted by atomic mass is 16.5. The van der Waals surface area contributed by atoms with Crippen LogP contribution in [0.2, 0.25) is 0 Å². The third kappa shape index (κ3) is 2.74. The summed E-state index contributed by atoms with van der Waals surface area (Å²) in [6.07, 6.45) is 4.80. The first-order valence-corrected chi connectivity index (χ1v) is 6.58. The van der Waals surface area contributed by atoms with Crippen LogP contribution in [0.5, 0.6) is 5.75 Å². The number of nitrogens with zero attached hydrogens (tertiary/aromatic N) is 2. The standard InChI is InChI=1S/C15H17N3O/c1-11-4-2-3-5-14(11)15-17-9-13(10-18-15)19-12-6-7-16-8-12/h2-5,9-10,12,16H,6-8H2,1H3. The minimum absolute atomic E-state index is 0.243. The Balaban J connectivity index is 1.77. The number of aromatic nitrogens is 2. The lowest BCUT2D eigenvalue weighted by molar-refractivity contribution is 0.221. The predicted molar refractivity (Wildman–Crippen MR) is 74.1 cm³/mol. The highest BCUT2D eigenvalue weighted by molar-refractivity contribution is 5.59. The summed E-state index contributed by atoms with van der Waals surface area (Å²) in [5.41, 5.74) is 2.24. The lowest BCUT2D eigenvalue weighted by Gasteiger charge is -2.12. The van der Waals surface area contributed by atoms with Crippen molar-refractivity contribution in [2.24, 2.45) is 0 Å². The summed E-state index contributed by atoms with van der Waals surface area (Å²) >= 11 is 0. The zero-order valence-corrected chi connectivity index (χ0v) is 11.0. The van der Waals surface area contributed by atoms with E-state index in [4.69, 9.17) is 4.74 Å². The van der Waals surface area contributed by atoms with E-state index in [2.05, 4.69) is 28.3 Å². The van der Waals surface area contributed by atoms with E-state index in [-0.39, 0.29) is 6.10 Å². The van der Waals surface area contributed by atoms with E-state index < -0.39 is 0 Å². The molecule has 1 atom stereocenters. The molecular formula is C15H17N3O. The van der Waals surface area contributed by atoms with Crippen molar-refractivity contribution < 1.29 is 4.74 Å². The Morgan fingerprint density at radius 3 is 2.68 bits per heavy atom. The van der Waals surface area contributed by atoms with Crippen LogP contribution in [0.3, 0.4) is 0 Å². The van der Waals surface area contributed by atoms with Gasteiger partial charge in [0.2, 0.25) is 0 Å². The van der Waals surface area contributed by atoms with Crippen molar-refractivity contribution in [1.29, 1.82) is 0 Å². The predicted octanol–water partition coefficient (Wildman–Crippen LogP) is 2.19. The second-order valence-electron chi connectivity index (χ2n) is 4.79. The first kappa shape index (κ1) is 12.1. The van der Waals surface area contributed by atoms with Crippen LogP contribution in [0.15, 0.2) is 36.7 Å². The molecule has 98 valence electrons. The number of benzene rings is 1. The van der Waals surface area contributed by atoms with Gasteiger partial charge in [-0.3, -0.25) is 0 Å². The molecule has 4 heteroatoms. The maximum Gasteiger partial charge on any atom is 0.159 e. The van der Waals surface area contributed by atoms with Gasteiger partial charge in [-0.2, -0.15) is 0 Å². The van der Waals surface area contributed by atoms with E-state index in [0.717, 1.165) is 36.6 Å². The average Bonchev–Trinajstić information content (AvgIpc) is 2.93. The lowest BCUT2D eigenvalue weighted by Crippen LogP contribution is -2.19. The Labute approximate surface area is 112 Å². The number of rotatable bonds is 3. The van der Waals surface area contributed by atoms with Gasteiger partial charge in [0.1, 0.15) is 6.10 Å². The Morgan fingerprint density at radius 1 is 1.21 bits per heavy atom. The molecule has 2 heterocycles. The Bertz CT molecular complexity index is 548. The fraction of sp³-hybridized carbons (Fsp3) is 0.333. The first-order chi connectivity index (χ1) is 9.33. The number of nitrogens with one attached hydrogen (secondary N) is 1. The van der Waals surface area contributed by atoms with Crippen molar-refractivity contribution in [3.63, 3.8) is 0 Å². The van der Waals surface area contributed by atoms with Gasteiger partial charge in [0, 0.05) is 12.1 Å². The van der Waals surface area contributed by atoms with Crippen LogP contribution in [0.1, 0.15) is 12.0 Å². The van der Waals surface area contributed by atoms with Crippen LogP contribution in [-0.2, 0) is 0 Å². The van der Waals surface area contributed by atoms with Gasteiger partial charge in [-0.1, -0.05) is 24.3 Å². The Hall–Kier alpha value is -1.94. The van der Waals surface area contributed by atoms with Crippen molar-refractivity contribution in [1.82, 2.24) is 15.3 Å². The molecule has 19 heavy (non-hydrogen) atoms. The van der Waals surface area contributed by atoms with Gasteiger partial charge in [-0.05, 0) is 25.5 Å². The smallest absolute Gasteiger partial charge is 0.159 e. The van der Waals surface area contributed by atoms with Gasteiger partial charge in [-0.15, -0.1) is 0 Å². The molecule has 1 N–H and O–H groups in total. The summed E-state index contributed by atoms with van der Waals surface area (Å²) in [6, 6.07) is 8.11. The normalized spacial score (nSPS) is 18.5. The average molecular weight is 255 g/mol. The summed E-state index contributed by atoms with van der Waals surface area (Å²) in [5.74, 6) is 1.49. The molecule has 4 nitrogen and oxygen atoms in total.